The molecule has 1 amide bonds. The molecule has 34 heavy (non-hydrogen) atoms. The number of nitrogens with zero attached hydrogens (tertiary/aromatic N) is 1. The second-order valence-corrected chi connectivity index (χ2v) is 10.5. The maximum Gasteiger partial charge on any atom is 0.251 e. The Labute approximate surface area is 206 Å². The zero-order valence-electron chi connectivity index (χ0n) is 19.7. The van der Waals surface area contributed by atoms with E-state index in [2.05, 4.69) is 29.3 Å². The van der Waals surface area contributed by atoms with Crippen LogP contribution in [-0.4, -0.2) is 46.7 Å². The van der Waals surface area contributed by atoms with Gasteiger partial charge in [-0.2, -0.15) is 0 Å². The molecule has 3 aromatic rings. The summed E-state index contributed by atoms with van der Waals surface area (Å²) < 4.78 is 0. The van der Waals surface area contributed by atoms with Gasteiger partial charge in [-0.15, -0.1) is 0 Å². The van der Waals surface area contributed by atoms with E-state index in [1.807, 2.05) is 54.6 Å². The predicted octanol–water partition coefficient (Wildman–Crippen LogP) is 5.77. The first-order valence-corrected chi connectivity index (χ1v) is 12.8. The molecule has 0 heterocycles. The third-order valence-electron chi connectivity index (χ3n) is 7.50. The summed E-state index contributed by atoms with van der Waals surface area (Å²) in [5, 5.41) is 17.1. The molecule has 0 saturated heterocycles. The lowest BCUT2D eigenvalue weighted by molar-refractivity contribution is -0.0654. The highest BCUT2D eigenvalue weighted by molar-refractivity contribution is 6.30. The van der Waals surface area contributed by atoms with Crippen molar-refractivity contribution in [2.75, 3.05) is 13.1 Å². The summed E-state index contributed by atoms with van der Waals surface area (Å²) in [5.74, 6) is 0.503. The lowest BCUT2D eigenvalue weighted by Gasteiger charge is -2.45. The van der Waals surface area contributed by atoms with Crippen molar-refractivity contribution in [2.24, 2.45) is 0 Å². The first kappa shape index (κ1) is 23.3. The van der Waals surface area contributed by atoms with Gasteiger partial charge in [0.1, 0.15) is 0 Å². The molecule has 2 aliphatic rings. The van der Waals surface area contributed by atoms with Crippen LogP contribution in [0.15, 0.2) is 66.7 Å². The van der Waals surface area contributed by atoms with Gasteiger partial charge in [-0.05, 0) is 79.3 Å². The maximum atomic E-state index is 12.7. The summed E-state index contributed by atoms with van der Waals surface area (Å²) in [4.78, 5) is 15.3. The number of rotatable bonds is 9. The van der Waals surface area contributed by atoms with Crippen LogP contribution in [0, 0.1) is 0 Å². The molecule has 0 radical (unpaired) electrons. The molecule has 3 aromatic carbocycles. The van der Waals surface area contributed by atoms with Crippen molar-refractivity contribution >= 4 is 28.3 Å². The molecule has 5 rings (SSSR count). The number of fused-ring (bicyclic) bond motifs is 1. The Bertz CT molecular complexity index is 1160. The van der Waals surface area contributed by atoms with Crippen LogP contribution in [0.5, 0.6) is 0 Å². The molecule has 0 spiro atoms. The van der Waals surface area contributed by atoms with E-state index in [1.165, 1.54) is 12.0 Å². The van der Waals surface area contributed by atoms with Gasteiger partial charge in [0, 0.05) is 35.1 Å². The SMILES string of the molecule is CCCN(CCC1(O)CC(NC(=O)c2ccc3ccccc3c2)C1)[C@@H]1C[C@H]1c1ccc(Cl)cc1. The quantitative estimate of drug-likeness (QED) is 0.412. The first-order chi connectivity index (χ1) is 16.4. The number of aliphatic hydroxyl groups is 1. The van der Waals surface area contributed by atoms with Gasteiger partial charge in [0.05, 0.1) is 5.60 Å². The van der Waals surface area contributed by atoms with Gasteiger partial charge in [-0.3, -0.25) is 9.69 Å². The highest BCUT2D eigenvalue weighted by atomic mass is 35.5. The monoisotopic (exact) mass is 476 g/mol. The Morgan fingerprint density at radius 3 is 2.53 bits per heavy atom. The first-order valence-electron chi connectivity index (χ1n) is 12.5. The van der Waals surface area contributed by atoms with E-state index in [9.17, 15) is 9.90 Å². The molecule has 2 aliphatic carbocycles. The molecule has 2 fully saturated rings. The molecule has 2 saturated carbocycles. The zero-order chi connectivity index (χ0) is 23.7. The van der Waals surface area contributed by atoms with Crippen molar-refractivity contribution in [3.63, 3.8) is 0 Å². The average molecular weight is 477 g/mol. The minimum absolute atomic E-state index is 0.0336. The van der Waals surface area contributed by atoms with Crippen LogP contribution in [0.3, 0.4) is 0 Å². The van der Waals surface area contributed by atoms with Gasteiger partial charge < -0.3 is 10.4 Å². The topological polar surface area (TPSA) is 52.6 Å². The fourth-order valence-corrected chi connectivity index (χ4v) is 5.62. The normalized spacial score (nSPS) is 25.8. The molecular formula is C29H33ClN2O2. The van der Waals surface area contributed by atoms with Gasteiger partial charge in [-0.25, -0.2) is 0 Å². The standard InChI is InChI=1S/C29H33ClN2O2/c1-2-14-32(27-17-26(27)21-9-11-24(30)12-10-21)15-13-29(34)18-25(19-29)31-28(33)23-8-7-20-5-3-4-6-22(20)16-23/h3-12,16,25-27,34H,2,13-15,17-19H2,1H3,(H,31,33)/t25?,26-,27+,29?/m0/s1. The number of carbonyl (C=O) groups is 1. The minimum atomic E-state index is -0.683. The van der Waals surface area contributed by atoms with Crippen LogP contribution in [0.2, 0.25) is 5.02 Å². The third-order valence-corrected chi connectivity index (χ3v) is 7.75. The van der Waals surface area contributed by atoms with E-state index in [0.29, 0.717) is 30.4 Å². The van der Waals surface area contributed by atoms with E-state index >= 15 is 0 Å². The van der Waals surface area contributed by atoms with Crippen LogP contribution >= 0.6 is 11.6 Å². The van der Waals surface area contributed by atoms with Crippen LogP contribution in [0.25, 0.3) is 10.8 Å². The molecule has 178 valence electrons. The lowest BCUT2D eigenvalue weighted by Crippen LogP contribution is -2.56. The maximum absolute atomic E-state index is 12.7. The Morgan fingerprint density at radius 2 is 1.79 bits per heavy atom. The second kappa shape index (κ2) is 9.69. The number of carbonyl (C=O) groups excluding carboxylic acids is 1. The second-order valence-electron chi connectivity index (χ2n) is 10.1. The summed E-state index contributed by atoms with van der Waals surface area (Å²) in [6, 6.07) is 22.6. The van der Waals surface area contributed by atoms with Crippen molar-refractivity contribution in [1.82, 2.24) is 10.2 Å². The molecule has 4 nitrogen and oxygen atoms in total. The molecule has 0 aliphatic heterocycles. The van der Waals surface area contributed by atoms with Crippen LogP contribution < -0.4 is 5.32 Å². The van der Waals surface area contributed by atoms with E-state index in [-0.39, 0.29) is 11.9 Å². The number of benzene rings is 3. The summed E-state index contributed by atoms with van der Waals surface area (Å²) in [5.41, 5.74) is 1.34. The lowest BCUT2D eigenvalue weighted by atomic mass is 9.73. The Morgan fingerprint density at radius 1 is 1.06 bits per heavy atom. The van der Waals surface area contributed by atoms with E-state index < -0.39 is 5.60 Å². The molecule has 5 heteroatoms. The summed E-state index contributed by atoms with van der Waals surface area (Å²) in [6.07, 6.45) is 4.27. The van der Waals surface area contributed by atoms with E-state index in [1.54, 1.807) is 0 Å². The summed E-state index contributed by atoms with van der Waals surface area (Å²) in [6.45, 7) is 4.15. The minimum Gasteiger partial charge on any atom is -0.390 e. The highest BCUT2D eigenvalue weighted by Gasteiger charge is 2.46. The molecule has 0 unspecified atom stereocenters. The number of halogens is 1. The summed E-state index contributed by atoms with van der Waals surface area (Å²) in [7, 11) is 0. The van der Waals surface area contributed by atoms with Crippen molar-refractivity contribution in [2.45, 2.75) is 62.6 Å². The van der Waals surface area contributed by atoms with Gasteiger partial charge in [0.2, 0.25) is 0 Å². The zero-order valence-corrected chi connectivity index (χ0v) is 20.5. The average Bonchev–Trinajstić information content (AvgIpc) is 3.61. The number of amides is 1. The Balaban J connectivity index is 1.11. The van der Waals surface area contributed by atoms with Crippen molar-refractivity contribution in [1.29, 1.82) is 0 Å². The van der Waals surface area contributed by atoms with Gasteiger partial charge >= 0.3 is 0 Å². The van der Waals surface area contributed by atoms with Crippen molar-refractivity contribution in [3.05, 3.63) is 82.9 Å². The van der Waals surface area contributed by atoms with Crippen molar-refractivity contribution < 1.29 is 9.90 Å². The Kier molecular flexibility index (Phi) is 6.65. The van der Waals surface area contributed by atoms with Crippen LogP contribution in [0.4, 0.5) is 0 Å². The smallest absolute Gasteiger partial charge is 0.251 e. The molecular weight excluding hydrogens is 444 g/mol. The molecule has 2 N–H and O–H groups in total. The predicted molar refractivity (Wildman–Crippen MR) is 138 cm³/mol. The van der Waals surface area contributed by atoms with Gasteiger partial charge in [0.15, 0.2) is 0 Å². The number of nitrogens with one attached hydrogen (secondary N) is 1. The van der Waals surface area contributed by atoms with Crippen molar-refractivity contribution in [3.8, 4) is 0 Å². The fraction of sp³-hybridized carbons (Fsp3) is 0.414. The molecule has 0 aromatic heterocycles. The van der Waals surface area contributed by atoms with Gasteiger partial charge in [0.25, 0.3) is 5.91 Å². The largest absolute Gasteiger partial charge is 0.390 e. The van der Waals surface area contributed by atoms with E-state index in [0.717, 1.165) is 41.7 Å². The van der Waals surface area contributed by atoms with Crippen LogP contribution in [0.1, 0.15) is 60.9 Å². The summed E-state index contributed by atoms with van der Waals surface area (Å²) >= 11 is 6.04. The molecule has 0 bridgehead atoms. The number of hydrogen-bond acceptors (Lipinski definition) is 3. The molecule has 2 atom stereocenters. The van der Waals surface area contributed by atoms with Crippen LogP contribution in [-0.2, 0) is 0 Å². The van der Waals surface area contributed by atoms with E-state index in [4.69, 9.17) is 11.6 Å². The van der Waals surface area contributed by atoms with Gasteiger partial charge in [-0.1, -0.05) is 61.0 Å². The third kappa shape index (κ3) is 5.14. The Hall–Kier alpha value is -2.40. The highest BCUT2D eigenvalue weighted by Crippen LogP contribution is 2.46. The fourth-order valence-electron chi connectivity index (χ4n) is 5.50. The number of hydrogen-bond donors (Lipinski definition) is 2.